The van der Waals surface area contributed by atoms with Crippen LogP contribution in [0.15, 0.2) is 29.1 Å². The first-order valence-electron chi connectivity index (χ1n) is 5.91. The van der Waals surface area contributed by atoms with Crippen LogP contribution in [0.1, 0.15) is 5.82 Å². The second-order valence-electron chi connectivity index (χ2n) is 4.30. The number of rotatable bonds is 5. The van der Waals surface area contributed by atoms with Crippen LogP contribution in [-0.2, 0) is 22.4 Å². The van der Waals surface area contributed by atoms with Crippen molar-refractivity contribution in [3.8, 4) is 0 Å². The molecule has 0 amide bonds. The minimum absolute atomic E-state index is 0.0823. The Hall–Kier alpha value is -1.44. The largest absolute Gasteiger partial charge is 0.294 e. The lowest BCUT2D eigenvalue weighted by Gasteiger charge is -2.11. The van der Waals surface area contributed by atoms with Gasteiger partial charge in [-0.3, -0.25) is 9.36 Å². The smallest absolute Gasteiger partial charge is 0.261 e. The van der Waals surface area contributed by atoms with Gasteiger partial charge in [0.2, 0.25) is 10.0 Å². The van der Waals surface area contributed by atoms with Gasteiger partial charge in [-0.05, 0) is 12.1 Å². The minimum Gasteiger partial charge on any atom is -0.294 e. The molecule has 0 spiro atoms. The van der Waals surface area contributed by atoms with Crippen molar-refractivity contribution in [1.82, 2.24) is 14.3 Å². The van der Waals surface area contributed by atoms with Crippen LogP contribution in [0.3, 0.4) is 0 Å². The van der Waals surface area contributed by atoms with Crippen molar-refractivity contribution in [2.75, 3.05) is 12.8 Å². The molecule has 6 nitrogen and oxygen atoms in total. The molecule has 0 radical (unpaired) electrons. The number of fused-ring (bicyclic) bond motifs is 1. The molecule has 0 bridgehead atoms. The highest BCUT2D eigenvalue weighted by Gasteiger charge is 2.10. The zero-order valence-electron chi connectivity index (χ0n) is 10.8. The SMILES string of the molecule is CS(=O)(=O)NCCn1c(CCl)nc2ccccc2c1=O. The molecule has 108 valence electrons. The Morgan fingerprint density at radius 1 is 1.35 bits per heavy atom. The molecule has 2 aromatic rings. The van der Waals surface area contributed by atoms with Crippen molar-refractivity contribution in [3.05, 3.63) is 40.4 Å². The molecular formula is C12H14ClN3O3S. The molecule has 2 rings (SSSR count). The van der Waals surface area contributed by atoms with Crippen molar-refractivity contribution < 1.29 is 8.42 Å². The first kappa shape index (κ1) is 15.0. The van der Waals surface area contributed by atoms with E-state index in [1.54, 1.807) is 24.3 Å². The Labute approximate surface area is 121 Å². The molecule has 8 heteroatoms. The monoisotopic (exact) mass is 315 g/mol. The standard InChI is InChI=1S/C12H14ClN3O3S/c1-20(18,19)14-6-7-16-11(8-13)15-10-5-3-2-4-9(10)12(16)17/h2-5,14H,6-8H2,1H3. The third kappa shape index (κ3) is 3.36. The van der Waals surface area contributed by atoms with Crippen LogP contribution in [0.2, 0.25) is 0 Å². The summed E-state index contributed by atoms with van der Waals surface area (Å²) in [5, 5.41) is 0.487. The molecule has 1 N–H and O–H groups in total. The lowest BCUT2D eigenvalue weighted by molar-refractivity contribution is 0.571. The van der Waals surface area contributed by atoms with E-state index in [9.17, 15) is 13.2 Å². The number of hydrogen-bond acceptors (Lipinski definition) is 4. The fourth-order valence-corrected chi connectivity index (χ4v) is 2.56. The van der Waals surface area contributed by atoms with Gasteiger partial charge in [0.1, 0.15) is 5.82 Å². The Balaban J connectivity index is 2.41. The summed E-state index contributed by atoms with van der Waals surface area (Å²) in [4.78, 5) is 16.7. The zero-order valence-corrected chi connectivity index (χ0v) is 12.4. The Bertz CT molecular complexity index is 786. The maximum absolute atomic E-state index is 12.4. The molecule has 1 heterocycles. The number of benzene rings is 1. The number of hydrogen-bond donors (Lipinski definition) is 1. The van der Waals surface area contributed by atoms with Gasteiger partial charge in [-0.2, -0.15) is 0 Å². The van der Waals surface area contributed by atoms with E-state index >= 15 is 0 Å². The van der Waals surface area contributed by atoms with Crippen LogP contribution < -0.4 is 10.3 Å². The maximum atomic E-state index is 12.4. The van der Waals surface area contributed by atoms with E-state index in [0.717, 1.165) is 6.26 Å². The van der Waals surface area contributed by atoms with Gasteiger partial charge in [-0.25, -0.2) is 18.1 Å². The molecule has 0 fully saturated rings. The molecule has 0 unspecified atom stereocenters. The zero-order chi connectivity index (χ0) is 14.8. The number of para-hydroxylation sites is 1. The van der Waals surface area contributed by atoms with Crippen LogP contribution >= 0.6 is 11.6 Å². The molecule has 0 saturated heterocycles. The van der Waals surface area contributed by atoms with Gasteiger partial charge in [0.15, 0.2) is 0 Å². The fraction of sp³-hybridized carbons (Fsp3) is 0.333. The Morgan fingerprint density at radius 3 is 2.70 bits per heavy atom. The normalized spacial score (nSPS) is 11.9. The molecule has 1 aromatic heterocycles. The van der Waals surface area contributed by atoms with Gasteiger partial charge in [0.05, 0.1) is 23.0 Å². The van der Waals surface area contributed by atoms with Crippen LogP contribution in [0.25, 0.3) is 10.9 Å². The second-order valence-corrected chi connectivity index (χ2v) is 6.40. The third-order valence-electron chi connectivity index (χ3n) is 2.76. The Kier molecular flexibility index (Phi) is 4.42. The molecule has 0 aliphatic carbocycles. The number of nitrogens with zero attached hydrogens (tertiary/aromatic N) is 2. The number of nitrogens with one attached hydrogen (secondary N) is 1. The van der Waals surface area contributed by atoms with Crippen LogP contribution in [-0.4, -0.2) is 30.8 Å². The third-order valence-corrected chi connectivity index (χ3v) is 3.73. The van der Waals surface area contributed by atoms with E-state index in [2.05, 4.69) is 9.71 Å². The summed E-state index contributed by atoms with van der Waals surface area (Å²) < 4.78 is 25.8. The van der Waals surface area contributed by atoms with Gasteiger partial charge in [-0.15, -0.1) is 11.6 Å². The topological polar surface area (TPSA) is 81.1 Å². The quantitative estimate of drug-likeness (QED) is 0.823. The maximum Gasteiger partial charge on any atom is 0.261 e. The van der Waals surface area contributed by atoms with Crippen molar-refractivity contribution in [1.29, 1.82) is 0 Å². The number of sulfonamides is 1. The number of aromatic nitrogens is 2. The highest BCUT2D eigenvalue weighted by molar-refractivity contribution is 7.88. The molecule has 0 aliphatic rings. The number of halogens is 1. The van der Waals surface area contributed by atoms with Crippen LogP contribution in [0.4, 0.5) is 0 Å². The average molecular weight is 316 g/mol. The van der Waals surface area contributed by atoms with E-state index in [1.165, 1.54) is 4.57 Å². The van der Waals surface area contributed by atoms with Crippen molar-refractivity contribution in [2.24, 2.45) is 0 Å². The van der Waals surface area contributed by atoms with Gasteiger partial charge in [0, 0.05) is 13.1 Å². The predicted octanol–water partition coefficient (Wildman–Crippen LogP) is 0.684. The molecule has 0 saturated carbocycles. The average Bonchev–Trinajstić information content (AvgIpc) is 2.40. The summed E-state index contributed by atoms with van der Waals surface area (Å²) in [5.74, 6) is 0.504. The van der Waals surface area contributed by atoms with E-state index in [0.29, 0.717) is 16.7 Å². The van der Waals surface area contributed by atoms with Gasteiger partial charge in [-0.1, -0.05) is 12.1 Å². The summed E-state index contributed by atoms with van der Waals surface area (Å²) in [6, 6.07) is 6.97. The second kappa shape index (κ2) is 5.90. The van der Waals surface area contributed by atoms with Gasteiger partial charge < -0.3 is 0 Å². The van der Waals surface area contributed by atoms with Gasteiger partial charge in [0.25, 0.3) is 5.56 Å². The fourth-order valence-electron chi connectivity index (χ4n) is 1.89. The molecule has 0 atom stereocenters. The van der Waals surface area contributed by atoms with Crippen LogP contribution in [0, 0.1) is 0 Å². The molecule has 0 aliphatic heterocycles. The summed E-state index contributed by atoms with van der Waals surface area (Å²) in [5.41, 5.74) is 0.363. The molecular weight excluding hydrogens is 302 g/mol. The Morgan fingerprint density at radius 2 is 2.05 bits per heavy atom. The summed E-state index contributed by atoms with van der Waals surface area (Å²) >= 11 is 5.81. The number of alkyl halides is 1. The molecule has 20 heavy (non-hydrogen) atoms. The minimum atomic E-state index is -3.29. The lowest BCUT2D eigenvalue weighted by Crippen LogP contribution is -2.32. The first-order chi connectivity index (χ1) is 9.42. The molecule has 1 aromatic carbocycles. The van der Waals surface area contributed by atoms with E-state index in [-0.39, 0.29) is 24.5 Å². The van der Waals surface area contributed by atoms with Crippen LogP contribution in [0.5, 0.6) is 0 Å². The predicted molar refractivity (Wildman–Crippen MR) is 78.4 cm³/mol. The summed E-state index contributed by atoms with van der Waals surface area (Å²) in [6.07, 6.45) is 1.07. The highest BCUT2D eigenvalue weighted by Crippen LogP contribution is 2.09. The van der Waals surface area contributed by atoms with E-state index in [4.69, 9.17) is 11.6 Å². The van der Waals surface area contributed by atoms with Crippen molar-refractivity contribution in [2.45, 2.75) is 12.4 Å². The van der Waals surface area contributed by atoms with Gasteiger partial charge >= 0.3 is 0 Å². The van der Waals surface area contributed by atoms with Crippen molar-refractivity contribution >= 4 is 32.5 Å². The summed E-state index contributed by atoms with van der Waals surface area (Å²) in [7, 11) is -3.29. The van der Waals surface area contributed by atoms with E-state index in [1.807, 2.05) is 0 Å². The highest BCUT2D eigenvalue weighted by atomic mass is 35.5. The van der Waals surface area contributed by atoms with Crippen molar-refractivity contribution in [3.63, 3.8) is 0 Å². The van der Waals surface area contributed by atoms with E-state index < -0.39 is 10.0 Å². The summed E-state index contributed by atoms with van der Waals surface area (Å²) in [6.45, 7) is 0.300. The lowest BCUT2D eigenvalue weighted by atomic mass is 10.2. The first-order valence-corrected chi connectivity index (χ1v) is 8.34.